The number of anilines is 1. The van der Waals surface area contributed by atoms with Gasteiger partial charge in [-0.05, 0) is 31.5 Å². The van der Waals surface area contributed by atoms with Gasteiger partial charge in [0, 0.05) is 10.5 Å². The van der Waals surface area contributed by atoms with Crippen LogP contribution in [0.4, 0.5) is 5.82 Å². The molecular weight excluding hydrogens is 282 g/mol. The zero-order chi connectivity index (χ0) is 12.4. The number of aryl methyl sites for hydroxylation is 2. The van der Waals surface area contributed by atoms with E-state index in [0.717, 1.165) is 15.8 Å². The van der Waals surface area contributed by atoms with E-state index in [1.54, 1.807) is 13.0 Å². The van der Waals surface area contributed by atoms with Gasteiger partial charge in [0.25, 0.3) is 0 Å². The molecule has 0 fully saturated rings. The van der Waals surface area contributed by atoms with Crippen LogP contribution >= 0.6 is 15.9 Å². The predicted octanol–water partition coefficient (Wildman–Crippen LogP) is 3.23. The maximum atomic E-state index is 5.69. The van der Waals surface area contributed by atoms with Crippen molar-refractivity contribution in [2.75, 3.05) is 5.73 Å². The Balaban J connectivity index is 2.34. The minimum Gasteiger partial charge on any atom is -0.439 e. The Morgan fingerprint density at radius 1 is 1.18 bits per heavy atom. The molecule has 2 aromatic rings. The van der Waals surface area contributed by atoms with Crippen molar-refractivity contribution in [2.24, 2.45) is 0 Å². The van der Waals surface area contributed by atoms with E-state index in [4.69, 9.17) is 10.5 Å². The Bertz CT molecular complexity index is 537. The van der Waals surface area contributed by atoms with Crippen molar-refractivity contribution in [1.82, 2.24) is 9.97 Å². The van der Waals surface area contributed by atoms with Crippen molar-refractivity contribution in [3.8, 4) is 11.6 Å². The normalized spacial score (nSPS) is 10.3. The Labute approximate surface area is 108 Å². The highest BCUT2D eigenvalue weighted by Crippen LogP contribution is 2.27. The SMILES string of the molecule is Cc1nc(N)cc(Oc2cc(Br)ccc2C)n1. The lowest BCUT2D eigenvalue weighted by Crippen LogP contribution is -1.98. The van der Waals surface area contributed by atoms with Crippen LogP contribution in [-0.4, -0.2) is 9.97 Å². The number of nitrogen functional groups attached to an aromatic ring is 1. The second kappa shape index (κ2) is 4.71. The van der Waals surface area contributed by atoms with Crippen LogP contribution in [0.1, 0.15) is 11.4 Å². The molecule has 1 heterocycles. The Hall–Kier alpha value is -1.62. The van der Waals surface area contributed by atoms with Crippen molar-refractivity contribution in [1.29, 1.82) is 0 Å². The summed E-state index contributed by atoms with van der Waals surface area (Å²) in [7, 11) is 0. The third kappa shape index (κ3) is 2.94. The molecule has 0 radical (unpaired) electrons. The van der Waals surface area contributed by atoms with Crippen molar-refractivity contribution < 1.29 is 4.74 Å². The summed E-state index contributed by atoms with van der Waals surface area (Å²) in [5.41, 5.74) is 6.67. The molecule has 88 valence electrons. The van der Waals surface area contributed by atoms with Gasteiger partial charge in [-0.3, -0.25) is 0 Å². The van der Waals surface area contributed by atoms with Gasteiger partial charge >= 0.3 is 0 Å². The van der Waals surface area contributed by atoms with Gasteiger partial charge in [-0.25, -0.2) is 4.98 Å². The van der Waals surface area contributed by atoms with Gasteiger partial charge in [0.2, 0.25) is 5.88 Å². The van der Waals surface area contributed by atoms with Crippen molar-refractivity contribution in [3.63, 3.8) is 0 Å². The first-order valence-corrected chi connectivity index (χ1v) is 5.89. The molecule has 1 aromatic heterocycles. The molecular formula is C12H12BrN3O. The fourth-order valence-corrected chi connectivity index (χ4v) is 1.75. The maximum Gasteiger partial charge on any atom is 0.224 e. The molecule has 0 aliphatic heterocycles. The van der Waals surface area contributed by atoms with Gasteiger partial charge in [-0.1, -0.05) is 22.0 Å². The fraction of sp³-hybridized carbons (Fsp3) is 0.167. The number of aromatic nitrogens is 2. The number of nitrogens with zero attached hydrogens (tertiary/aromatic N) is 2. The van der Waals surface area contributed by atoms with E-state index >= 15 is 0 Å². The molecule has 0 atom stereocenters. The van der Waals surface area contributed by atoms with Crippen LogP contribution in [0.2, 0.25) is 0 Å². The summed E-state index contributed by atoms with van der Waals surface area (Å²) in [6, 6.07) is 7.43. The summed E-state index contributed by atoms with van der Waals surface area (Å²) >= 11 is 3.40. The molecule has 17 heavy (non-hydrogen) atoms. The summed E-state index contributed by atoms with van der Waals surface area (Å²) in [5.74, 6) is 2.20. The van der Waals surface area contributed by atoms with Crippen LogP contribution in [-0.2, 0) is 0 Å². The Morgan fingerprint density at radius 2 is 1.94 bits per heavy atom. The predicted molar refractivity (Wildman–Crippen MR) is 70.1 cm³/mol. The maximum absolute atomic E-state index is 5.69. The molecule has 1 aromatic carbocycles. The average Bonchev–Trinajstić information content (AvgIpc) is 2.22. The highest BCUT2D eigenvalue weighted by atomic mass is 79.9. The lowest BCUT2D eigenvalue weighted by Gasteiger charge is -2.09. The second-order valence-corrected chi connectivity index (χ2v) is 4.61. The van der Waals surface area contributed by atoms with Gasteiger partial charge in [0.1, 0.15) is 17.4 Å². The molecule has 0 aliphatic carbocycles. The van der Waals surface area contributed by atoms with E-state index in [-0.39, 0.29) is 0 Å². The van der Waals surface area contributed by atoms with Crippen LogP contribution in [0.25, 0.3) is 0 Å². The smallest absolute Gasteiger partial charge is 0.224 e. The van der Waals surface area contributed by atoms with Gasteiger partial charge in [-0.15, -0.1) is 0 Å². The number of rotatable bonds is 2. The average molecular weight is 294 g/mol. The van der Waals surface area contributed by atoms with Gasteiger partial charge in [0.15, 0.2) is 0 Å². The van der Waals surface area contributed by atoms with E-state index in [0.29, 0.717) is 17.5 Å². The van der Waals surface area contributed by atoms with Crippen LogP contribution in [0.5, 0.6) is 11.6 Å². The first-order valence-electron chi connectivity index (χ1n) is 5.10. The van der Waals surface area contributed by atoms with E-state index < -0.39 is 0 Å². The molecule has 0 aliphatic rings. The molecule has 0 unspecified atom stereocenters. The number of hydrogen-bond donors (Lipinski definition) is 1. The largest absolute Gasteiger partial charge is 0.439 e. The molecule has 0 spiro atoms. The monoisotopic (exact) mass is 293 g/mol. The van der Waals surface area contributed by atoms with Crippen molar-refractivity contribution in [3.05, 3.63) is 40.1 Å². The van der Waals surface area contributed by atoms with Gasteiger partial charge in [0.05, 0.1) is 0 Å². The summed E-state index contributed by atoms with van der Waals surface area (Å²) in [4.78, 5) is 8.16. The summed E-state index contributed by atoms with van der Waals surface area (Å²) in [5, 5.41) is 0. The van der Waals surface area contributed by atoms with Crippen LogP contribution < -0.4 is 10.5 Å². The standard InChI is InChI=1S/C12H12BrN3O/c1-7-3-4-9(13)5-10(7)17-12-6-11(14)15-8(2)16-12/h3-6H,1-2H3,(H2,14,15,16). The first kappa shape index (κ1) is 11.9. The molecule has 0 saturated carbocycles. The molecule has 0 amide bonds. The first-order chi connectivity index (χ1) is 8.04. The van der Waals surface area contributed by atoms with Gasteiger partial charge < -0.3 is 10.5 Å². The van der Waals surface area contributed by atoms with E-state index in [9.17, 15) is 0 Å². The topological polar surface area (TPSA) is 61.0 Å². The van der Waals surface area contributed by atoms with E-state index in [1.165, 1.54) is 0 Å². The highest BCUT2D eigenvalue weighted by molar-refractivity contribution is 9.10. The van der Waals surface area contributed by atoms with Crippen LogP contribution in [0, 0.1) is 13.8 Å². The summed E-state index contributed by atoms with van der Waals surface area (Å²) in [6.45, 7) is 3.75. The number of halogens is 1. The molecule has 0 saturated heterocycles. The molecule has 2 N–H and O–H groups in total. The molecule has 5 heteroatoms. The third-order valence-electron chi connectivity index (χ3n) is 2.20. The number of ether oxygens (including phenoxy) is 1. The molecule has 2 rings (SSSR count). The zero-order valence-corrected chi connectivity index (χ0v) is 11.2. The quantitative estimate of drug-likeness (QED) is 0.923. The third-order valence-corrected chi connectivity index (χ3v) is 2.69. The lowest BCUT2D eigenvalue weighted by molar-refractivity contribution is 0.456. The van der Waals surface area contributed by atoms with Crippen LogP contribution in [0.15, 0.2) is 28.7 Å². The number of hydrogen-bond acceptors (Lipinski definition) is 4. The van der Waals surface area contributed by atoms with Gasteiger partial charge in [-0.2, -0.15) is 4.98 Å². The summed E-state index contributed by atoms with van der Waals surface area (Å²) < 4.78 is 6.65. The van der Waals surface area contributed by atoms with E-state index in [1.807, 2.05) is 25.1 Å². The highest BCUT2D eigenvalue weighted by Gasteiger charge is 2.05. The molecule has 0 bridgehead atoms. The number of nitrogens with two attached hydrogens (primary N) is 1. The summed E-state index contributed by atoms with van der Waals surface area (Å²) in [6.07, 6.45) is 0. The fourth-order valence-electron chi connectivity index (χ4n) is 1.41. The van der Waals surface area contributed by atoms with E-state index in [2.05, 4.69) is 25.9 Å². The lowest BCUT2D eigenvalue weighted by atomic mass is 10.2. The van der Waals surface area contributed by atoms with Crippen molar-refractivity contribution >= 4 is 21.7 Å². The van der Waals surface area contributed by atoms with Crippen molar-refractivity contribution in [2.45, 2.75) is 13.8 Å². The molecule has 4 nitrogen and oxygen atoms in total. The van der Waals surface area contributed by atoms with Crippen LogP contribution in [0.3, 0.4) is 0 Å². The second-order valence-electron chi connectivity index (χ2n) is 3.69. The Morgan fingerprint density at radius 3 is 2.65 bits per heavy atom. The Kier molecular flexibility index (Phi) is 3.28. The number of benzene rings is 1. The minimum absolute atomic E-state index is 0.403. The zero-order valence-electron chi connectivity index (χ0n) is 9.57. The minimum atomic E-state index is 0.403.